The van der Waals surface area contributed by atoms with Gasteiger partial charge in [0.25, 0.3) is 11.1 Å². The lowest BCUT2D eigenvalue weighted by Crippen LogP contribution is -2.31. The van der Waals surface area contributed by atoms with Crippen molar-refractivity contribution in [2.24, 2.45) is 0 Å². The minimum Gasteiger partial charge on any atom is -0.493 e. The molecule has 1 aliphatic rings. The topological polar surface area (TPSA) is 65.1 Å². The van der Waals surface area contributed by atoms with E-state index in [9.17, 15) is 9.59 Å². The summed E-state index contributed by atoms with van der Waals surface area (Å²) in [7, 11) is 3.06. The molecule has 164 valence electrons. The van der Waals surface area contributed by atoms with Gasteiger partial charge in [-0.2, -0.15) is 0 Å². The lowest BCUT2D eigenvalue weighted by molar-refractivity contribution is -0.123. The fourth-order valence-electron chi connectivity index (χ4n) is 2.77. The quantitative estimate of drug-likeness (QED) is 0.282. The summed E-state index contributed by atoms with van der Waals surface area (Å²) in [6.45, 7) is 0.795. The summed E-state index contributed by atoms with van der Waals surface area (Å²) in [4.78, 5) is 26.2. The van der Waals surface area contributed by atoms with Gasteiger partial charge in [-0.05, 0) is 75.8 Å². The highest BCUT2D eigenvalue weighted by molar-refractivity contribution is 14.1. The highest BCUT2D eigenvalue weighted by Crippen LogP contribution is 2.37. The zero-order valence-electron chi connectivity index (χ0n) is 16.6. The van der Waals surface area contributed by atoms with Gasteiger partial charge in [0.15, 0.2) is 11.5 Å². The van der Waals surface area contributed by atoms with E-state index in [4.69, 9.17) is 37.4 Å². The van der Waals surface area contributed by atoms with Crippen LogP contribution in [-0.4, -0.2) is 43.4 Å². The number of halogens is 3. The van der Waals surface area contributed by atoms with Crippen LogP contribution >= 0.6 is 57.6 Å². The van der Waals surface area contributed by atoms with E-state index in [2.05, 4.69) is 22.6 Å². The number of hydrogen-bond acceptors (Lipinski definition) is 6. The van der Waals surface area contributed by atoms with Crippen LogP contribution in [0.15, 0.2) is 35.2 Å². The van der Waals surface area contributed by atoms with Gasteiger partial charge >= 0.3 is 0 Å². The highest BCUT2D eigenvalue weighted by Gasteiger charge is 2.34. The first-order valence-corrected chi connectivity index (χ1v) is 11.7. The molecule has 2 aromatic rings. The number of methoxy groups -OCH3 is 2. The van der Waals surface area contributed by atoms with Crippen molar-refractivity contribution in [1.82, 2.24) is 4.90 Å². The van der Waals surface area contributed by atoms with Crippen molar-refractivity contribution >= 4 is 74.8 Å². The molecule has 0 radical (unpaired) electrons. The van der Waals surface area contributed by atoms with Gasteiger partial charge in [0.1, 0.15) is 6.61 Å². The van der Waals surface area contributed by atoms with Crippen molar-refractivity contribution in [2.45, 2.75) is 6.61 Å². The maximum atomic E-state index is 12.5. The van der Waals surface area contributed by atoms with Crippen LogP contribution in [0.1, 0.15) is 11.1 Å². The van der Waals surface area contributed by atoms with E-state index in [1.165, 1.54) is 12.0 Å². The summed E-state index contributed by atoms with van der Waals surface area (Å²) in [6.07, 6.45) is 1.67. The monoisotopic (exact) mass is 593 g/mol. The van der Waals surface area contributed by atoms with Crippen LogP contribution in [0.3, 0.4) is 0 Å². The Labute approximate surface area is 207 Å². The second-order valence-corrected chi connectivity index (χ2v) is 9.37. The van der Waals surface area contributed by atoms with Crippen LogP contribution in [0.2, 0.25) is 10.0 Å². The van der Waals surface area contributed by atoms with Gasteiger partial charge in [0.2, 0.25) is 0 Å². The van der Waals surface area contributed by atoms with Gasteiger partial charge in [-0.3, -0.25) is 14.5 Å². The number of ether oxygens (including phenoxy) is 3. The van der Waals surface area contributed by atoms with Gasteiger partial charge in [0.05, 0.1) is 38.8 Å². The predicted octanol–water partition coefficient (Wildman–Crippen LogP) is 5.87. The van der Waals surface area contributed by atoms with Gasteiger partial charge in [-0.25, -0.2) is 0 Å². The number of nitrogens with zero attached hydrogens (tertiary/aromatic N) is 1. The molecule has 10 heteroatoms. The number of thioether (sulfide) groups is 1. The van der Waals surface area contributed by atoms with Crippen LogP contribution < -0.4 is 9.47 Å². The average Bonchev–Trinajstić information content (AvgIpc) is 3.00. The number of rotatable bonds is 8. The van der Waals surface area contributed by atoms with Crippen molar-refractivity contribution < 1.29 is 23.8 Å². The van der Waals surface area contributed by atoms with Crippen LogP contribution in [0.5, 0.6) is 11.5 Å². The molecule has 2 amide bonds. The molecule has 0 aromatic heterocycles. The van der Waals surface area contributed by atoms with E-state index in [1.54, 1.807) is 31.4 Å². The van der Waals surface area contributed by atoms with Crippen LogP contribution in [-0.2, 0) is 16.1 Å². The number of imide groups is 1. The first kappa shape index (κ1) is 24.2. The van der Waals surface area contributed by atoms with E-state index in [0.717, 1.165) is 26.5 Å². The molecule has 0 aliphatic carbocycles. The van der Waals surface area contributed by atoms with E-state index in [0.29, 0.717) is 33.1 Å². The van der Waals surface area contributed by atoms with Crippen LogP contribution in [0.4, 0.5) is 4.79 Å². The lowest BCUT2D eigenvalue weighted by atomic mass is 10.1. The number of amides is 2. The van der Waals surface area contributed by atoms with Crippen LogP contribution in [0.25, 0.3) is 6.08 Å². The minimum absolute atomic E-state index is 0.223. The molecule has 0 spiro atoms. The molecule has 1 saturated heterocycles. The lowest BCUT2D eigenvalue weighted by Gasteiger charge is -2.14. The van der Waals surface area contributed by atoms with E-state index < -0.39 is 0 Å². The third-order valence-corrected chi connectivity index (χ3v) is 6.76. The van der Waals surface area contributed by atoms with Crippen molar-refractivity contribution in [2.75, 3.05) is 27.4 Å². The maximum Gasteiger partial charge on any atom is 0.293 e. The molecule has 1 fully saturated rings. The van der Waals surface area contributed by atoms with E-state index >= 15 is 0 Å². The Kier molecular flexibility index (Phi) is 8.51. The molecular formula is C21H18Cl2INO5S. The van der Waals surface area contributed by atoms with Crippen molar-refractivity contribution in [3.63, 3.8) is 0 Å². The van der Waals surface area contributed by atoms with Crippen molar-refractivity contribution in [3.8, 4) is 11.5 Å². The Bertz CT molecular complexity index is 1050. The van der Waals surface area contributed by atoms with E-state index in [1.807, 2.05) is 12.1 Å². The fraction of sp³-hybridized carbons (Fsp3) is 0.238. The first-order valence-electron chi connectivity index (χ1n) is 9.02. The third kappa shape index (κ3) is 5.87. The van der Waals surface area contributed by atoms with E-state index in [-0.39, 0.29) is 24.3 Å². The molecular weight excluding hydrogens is 576 g/mol. The normalized spacial score (nSPS) is 15.1. The Balaban J connectivity index is 1.80. The number of carbonyl (C=O) groups excluding carboxylic acids is 2. The zero-order valence-corrected chi connectivity index (χ0v) is 21.1. The second kappa shape index (κ2) is 10.9. The molecule has 1 aliphatic heterocycles. The smallest absolute Gasteiger partial charge is 0.293 e. The van der Waals surface area contributed by atoms with Gasteiger partial charge in [-0.1, -0.05) is 29.3 Å². The largest absolute Gasteiger partial charge is 0.493 e. The summed E-state index contributed by atoms with van der Waals surface area (Å²) in [6, 6.07) is 8.91. The average molecular weight is 594 g/mol. The van der Waals surface area contributed by atoms with Crippen molar-refractivity contribution in [1.29, 1.82) is 0 Å². The minimum atomic E-state index is -0.332. The summed E-state index contributed by atoms with van der Waals surface area (Å²) in [5, 5.41) is 0.629. The molecule has 31 heavy (non-hydrogen) atoms. The number of benzene rings is 2. The zero-order chi connectivity index (χ0) is 22.5. The molecule has 0 unspecified atom stereocenters. The first-order chi connectivity index (χ1) is 14.8. The fourth-order valence-corrected chi connectivity index (χ4v) is 4.74. The van der Waals surface area contributed by atoms with Gasteiger partial charge in [-0.15, -0.1) is 0 Å². The second-order valence-electron chi connectivity index (χ2n) is 6.40. The molecule has 1 heterocycles. The Morgan fingerprint density at radius 1 is 1.13 bits per heavy atom. The molecule has 6 nitrogen and oxygen atoms in total. The Morgan fingerprint density at radius 3 is 2.58 bits per heavy atom. The van der Waals surface area contributed by atoms with Gasteiger partial charge in [0, 0.05) is 7.11 Å². The summed E-state index contributed by atoms with van der Waals surface area (Å²) in [5.41, 5.74) is 1.58. The molecule has 0 saturated carbocycles. The summed E-state index contributed by atoms with van der Waals surface area (Å²) >= 11 is 15.1. The molecule has 0 atom stereocenters. The Hall–Kier alpha value is -1.46. The molecule has 3 rings (SSSR count). The molecule has 0 bridgehead atoms. The Morgan fingerprint density at radius 2 is 1.90 bits per heavy atom. The third-order valence-electron chi connectivity index (χ3n) is 4.31. The standard InChI is InChI=1S/C21H18Cl2INO5S/c1-28-6-5-25-20(26)18(31-21(25)27)10-13-8-16(24)19(17(9-13)29-2)30-11-12-3-4-14(22)15(23)7-12/h3-4,7-10H,5-6,11H2,1-2H3/b18-10+. The molecule has 0 N–H and O–H groups in total. The molecule has 2 aromatic carbocycles. The van der Waals surface area contributed by atoms with Crippen LogP contribution in [0, 0.1) is 3.57 Å². The summed E-state index contributed by atoms with van der Waals surface area (Å²) < 4.78 is 17.2. The maximum absolute atomic E-state index is 12.5. The number of carbonyl (C=O) groups is 2. The highest BCUT2D eigenvalue weighted by atomic mass is 127. The van der Waals surface area contributed by atoms with Gasteiger partial charge < -0.3 is 14.2 Å². The summed E-state index contributed by atoms with van der Waals surface area (Å²) in [5.74, 6) is 0.748. The predicted molar refractivity (Wildman–Crippen MR) is 131 cm³/mol. The van der Waals surface area contributed by atoms with Crippen molar-refractivity contribution in [3.05, 3.63) is 60.0 Å². The SMILES string of the molecule is COCCN1C(=O)S/C(=C/c2cc(I)c(OCc3ccc(Cl)c(Cl)c3)c(OC)c2)C1=O. The number of hydrogen-bond donors (Lipinski definition) is 0.